The van der Waals surface area contributed by atoms with Crippen LogP contribution in [0.25, 0.3) is 0 Å². The molecule has 184 valence electrons. The number of para-hydroxylation sites is 4. The van der Waals surface area contributed by atoms with E-state index < -0.39 is 17.7 Å². The number of rotatable bonds is 3. The van der Waals surface area contributed by atoms with E-state index in [0.29, 0.717) is 49.1 Å². The van der Waals surface area contributed by atoms with E-state index >= 15 is 0 Å². The van der Waals surface area contributed by atoms with Gasteiger partial charge in [-0.2, -0.15) is 0 Å². The molecular formula is C26H30N4O5. The van der Waals surface area contributed by atoms with Crippen molar-refractivity contribution in [2.24, 2.45) is 0 Å². The minimum absolute atomic E-state index is 0.110. The molecule has 3 amide bonds. The fourth-order valence-electron chi connectivity index (χ4n) is 4.86. The smallest absolute Gasteiger partial charge is 0.267 e. The normalized spacial score (nSPS) is 22.1. The maximum atomic E-state index is 13.7. The van der Waals surface area contributed by atoms with Crippen LogP contribution in [-0.2, 0) is 14.4 Å². The van der Waals surface area contributed by atoms with E-state index in [1.165, 1.54) is 0 Å². The Morgan fingerprint density at radius 1 is 1.00 bits per heavy atom. The van der Waals surface area contributed by atoms with Gasteiger partial charge in [0.15, 0.2) is 11.5 Å². The molecule has 9 heteroatoms. The number of anilines is 2. The highest BCUT2D eigenvalue weighted by Crippen LogP contribution is 2.37. The second-order valence-electron chi connectivity index (χ2n) is 9.61. The van der Waals surface area contributed by atoms with Crippen molar-refractivity contribution in [2.75, 3.05) is 43.0 Å². The van der Waals surface area contributed by atoms with E-state index in [4.69, 9.17) is 9.47 Å². The van der Waals surface area contributed by atoms with Crippen molar-refractivity contribution >= 4 is 29.1 Å². The first-order valence-corrected chi connectivity index (χ1v) is 11.9. The second kappa shape index (κ2) is 8.88. The number of hydrogen-bond acceptors (Lipinski definition) is 6. The lowest BCUT2D eigenvalue weighted by Crippen LogP contribution is -2.63. The first-order chi connectivity index (χ1) is 16.8. The van der Waals surface area contributed by atoms with Crippen molar-refractivity contribution in [3.8, 4) is 11.5 Å². The van der Waals surface area contributed by atoms with Gasteiger partial charge in [-0.3, -0.25) is 24.2 Å². The van der Waals surface area contributed by atoms with Gasteiger partial charge in [-0.05, 0) is 45.0 Å². The molecule has 2 atom stereocenters. The van der Waals surface area contributed by atoms with E-state index in [1.54, 1.807) is 35.8 Å². The van der Waals surface area contributed by atoms with Gasteiger partial charge in [0.05, 0.1) is 17.4 Å². The van der Waals surface area contributed by atoms with Crippen LogP contribution in [0.4, 0.5) is 11.4 Å². The van der Waals surface area contributed by atoms with Gasteiger partial charge in [-0.1, -0.05) is 24.3 Å². The number of hydrogen-bond donors (Lipinski definition) is 1. The Labute approximate surface area is 204 Å². The zero-order chi connectivity index (χ0) is 24.7. The molecule has 2 unspecified atom stereocenters. The number of benzene rings is 2. The SMILES string of the molecule is CC(C(=O)N1c2ccccc2NC(=O)C1(C)C)N1CCN(C(=O)C2COc3ccccc3O2)CC1. The highest BCUT2D eigenvalue weighted by atomic mass is 16.6. The fraction of sp³-hybridized carbons (Fsp3) is 0.423. The lowest BCUT2D eigenvalue weighted by molar-refractivity contribution is -0.143. The molecule has 1 N–H and O–H groups in total. The van der Waals surface area contributed by atoms with Crippen molar-refractivity contribution in [3.05, 3.63) is 48.5 Å². The number of amides is 3. The Kier molecular flexibility index (Phi) is 5.88. The molecule has 2 aromatic rings. The number of ether oxygens (including phenoxy) is 2. The first-order valence-electron chi connectivity index (χ1n) is 11.9. The van der Waals surface area contributed by atoms with Crippen molar-refractivity contribution in [2.45, 2.75) is 38.5 Å². The summed E-state index contributed by atoms with van der Waals surface area (Å²) in [6.45, 7) is 7.61. The van der Waals surface area contributed by atoms with E-state index in [0.717, 1.165) is 0 Å². The molecule has 0 aliphatic carbocycles. The van der Waals surface area contributed by atoms with Gasteiger partial charge >= 0.3 is 0 Å². The second-order valence-corrected chi connectivity index (χ2v) is 9.61. The third kappa shape index (κ3) is 4.10. The van der Waals surface area contributed by atoms with E-state index in [9.17, 15) is 14.4 Å². The average Bonchev–Trinajstić information content (AvgIpc) is 2.88. The van der Waals surface area contributed by atoms with Crippen LogP contribution in [0.3, 0.4) is 0 Å². The van der Waals surface area contributed by atoms with Gasteiger partial charge in [-0.15, -0.1) is 0 Å². The Bertz CT molecular complexity index is 1160. The van der Waals surface area contributed by atoms with Gasteiger partial charge in [-0.25, -0.2) is 0 Å². The third-order valence-electron chi connectivity index (χ3n) is 7.04. The molecule has 0 bridgehead atoms. The molecule has 0 spiro atoms. The molecule has 2 aromatic carbocycles. The maximum Gasteiger partial charge on any atom is 0.267 e. The third-order valence-corrected chi connectivity index (χ3v) is 7.04. The molecule has 3 aliphatic rings. The molecule has 1 saturated heterocycles. The molecule has 35 heavy (non-hydrogen) atoms. The van der Waals surface area contributed by atoms with Gasteiger partial charge in [0.25, 0.3) is 5.91 Å². The van der Waals surface area contributed by atoms with Crippen LogP contribution in [0.5, 0.6) is 11.5 Å². The summed E-state index contributed by atoms with van der Waals surface area (Å²) in [5.74, 6) is 0.745. The Balaban J connectivity index is 1.24. The van der Waals surface area contributed by atoms with E-state index in [1.807, 2.05) is 43.3 Å². The Morgan fingerprint density at radius 3 is 2.40 bits per heavy atom. The standard InChI is InChI=1S/C26H30N4O5/c1-17(23(31)30-19-9-5-4-8-18(19)27-25(33)26(30,2)3)28-12-14-29(15-13-28)24(32)22-16-34-20-10-6-7-11-21(20)35-22/h4-11,17,22H,12-16H2,1-3H3,(H,27,33). The van der Waals surface area contributed by atoms with Crippen LogP contribution in [0.2, 0.25) is 0 Å². The summed E-state index contributed by atoms with van der Waals surface area (Å²) in [5.41, 5.74) is 0.299. The Morgan fingerprint density at radius 2 is 1.66 bits per heavy atom. The summed E-state index contributed by atoms with van der Waals surface area (Å²) in [7, 11) is 0. The maximum absolute atomic E-state index is 13.7. The number of nitrogens with one attached hydrogen (secondary N) is 1. The number of piperazine rings is 1. The van der Waals surface area contributed by atoms with E-state index in [2.05, 4.69) is 10.2 Å². The molecule has 0 aromatic heterocycles. The predicted molar refractivity (Wildman–Crippen MR) is 131 cm³/mol. The lowest BCUT2D eigenvalue weighted by atomic mass is 9.95. The van der Waals surface area contributed by atoms with Gasteiger partial charge < -0.3 is 19.7 Å². The highest BCUT2D eigenvalue weighted by molar-refractivity contribution is 6.15. The number of nitrogens with zero attached hydrogens (tertiary/aromatic N) is 3. The first kappa shape index (κ1) is 23.2. The minimum atomic E-state index is -1.02. The van der Waals surface area contributed by atoms with Crippen molar-refractivity contribution in [1.29, 1.82) is 0 Å². The van der Waals surface area contributed by atoms with Gasteiger partial charge in [0, 0.05) is 26.2 Å². The van der Waals surface area contributed by atoms with Crippen molar-refractivity contribution in [3.63, 3.8) is 0 Å². The monoisotopic (exact) mass is 478 g/mol. The molecule has 3 aliphatic heterocycles. The highest BCUT2D eigenvalue weighted by Gasteiger charge is 2.46. The topological polar surface area (TPSA) is 91.4 Å². The van der Waals surface area contributed by atoms with Crippen LogP contribution in [0.15, 0.2) is 48.5 Å². The van der Waals surface area contributed by atoms with Crippen LogP contribution >= 0.6 is 0 Å². The molecule has 1 fully saturated rings. The lowest BCUT2D eigenvalue weighted by Gasteiger charge is -2.45. The Hall–Kier alpha value is -3.59. The summed E-state index contributed by atoms with van der Waals surface area (Å²) in [6.07, 6.45) is -0.681. The van der Waals surface area contributed by atoms with Crippen LogP contribution in [-0.4, -0.2) is 78.0 Å². The molecular weight excluding hydrogens is 448 g/mol. The molecule has 0 saturated carbocycles. The van der Waals surface area contributed by atoms with Gasteiger partial charge in [0.1, 0.15) is 12.1 Å². The summed E-state index contributed by atoms with van der Waals surface area (Å²) >= 11 is 0. The molecule has 9 nitrogen and oxygen atoms in total. The summed E-state index contributed by atoms with van der Waals surface area (Å²) in [5, 5.41) is 2.90. The fourth-order valence-corrected chi connectivity index (χ4v) is 4.86. The summed E-state index contributed by atoms with van der Waals surface area (Å²) < 4.78 is 11.6. The number of carbonyl (C=O) groups excluding carboxylic acids is 3. The predicted octanol–water partition coefficient (Wildman–Crippen LogP) is 2.12. The average molecular weight is 479 g/mol. The van der Waals surface area contributed by atoms with Crippen molar-refractivity contribution in [1.82, 2.24) is 9.80 Å². The zero-order valence-corrected chi connectivity index (χ0v) is 20.2. The summed E-state index contributed by atoms with van der Waals surface area (Å²) in [6, 6.07) is 14.2. The van der Waals surface area contributed by atoms with Crippen LogP contribution < -0.4 is 19.7 Å². The largest absolute Gasteiger partial charge is 0.485 e. The quantitative estimate of drug-likeness (QED) is 0.727. The van der Waals surface area contributed by atoms with Crippen molar-refractivity contribution < 1.29 is 23.9 Å². The molecule has 3 heterocycles. The number of fused-ring (bicyclic) bond motifs is 2. The molecule has 5 rings (SSSR count). The van der Waals surface area contributed by atoms with Crippen LogP contribution in [0.1, 0.15) is 20.8 Å². The zero-order valence-electron chi connectivity index (χ0n) is 20.2. The summed E-state index contributed by atoms with van der Waals surface area (Å²) in [4.78, 5) is 44.9. The van der Waals surface area contributed by atoms with Crippen LogP contribution in [0, 0.1) is 0 Å². The molecule has 0 radical (unpaired) electrons. The minimum Gasteiger partial charge on any atom is -0.485 e. The van der Waals surface area contributed by atoms with Gasteiger partial charge in [0.2, 0.25) is 17.9 Å². The van der Waals surface area contributed by atoms with E-state index in [-0.39, 0.29) is 24.3 Å². The number of carbonyl (C=O) groups is 3.